The molecule has 4 rings (SSSR count). The van der Waals surface area contributed by atoms with Gasteiger partial charge < -0.3 is 10.2 Å². The largest absolute Gasteiger partial charge is 0.354 e. The smallest absolute Gasteiger partial charge is 0.229 e. The summed E-state index contributed by atoms with van der Waals surface area (Å²) in [6.07, 6.45) is 5.18. The highest BCUT2D eigenvalue weighted by molar-refractivity contribution is 5.92. The van der Waals surface area contributed by atoms with Gasteiger partial charge in [0.15, 0.2) is 5.82 Å². The van der Waals surface area contributed by atoms with Gasteiger partial charge in [-0.15, -0.1) is 10.2 Å². The average molecular weight is 373 g/mol. The Morgan fingerprint density at radius 2 is 1.89 bits per heavy atom. The van der Waals surface area contributed by atoms with Gasteiger partial charge in [0.25, 0.3) is 0 Å². The van der Waals surface area contributed by atoms with E-state index in [0.29, 0.717) is 6.54 Å². The summed E-state index contributed by atoms with van der Waals surface area (Å²) >= 11 is 0. The van der Waals surface area contributed by atoms with Gasteiger partial charge in [-0.25, -0.2) is 0 Å². The molecule has 0 saturated carbocycles. The quantitative estimate of drug-likeness (QED) is 0.755. The number of aromatic nitrogens is 3. The topological polar surface area (TPSA) is 71.0 Å². The fraction of sp³-hybridized carbons (Fsp3) is 0.273. The molecule has 1 amide bonds. The minimum Gasteiger partial charge on any atom is -0.354 e. The van der Waals surface area contributed by atoms with E-state index in [-0.39, 0.29) is 11.8 Å². The van der Waals surface area contributed by atoms with Gasteiger partial charge in [-0.3, -0.25) is 9.78 Å². The molecule has 1 aliphatic rings. The molecule has 0 bridgehead atoms. The van der Waals surface area contributed by atoms with Crippen molar-refractivity contribution >= 4 is 17.4 Å². The van der Waals surface area contributed by atoms with Crippen LogP contribution >= 0.6 is 0 Å². The molecule has 28 heavy (non-hydrogen) atoms. The first-order valence-corrected chi connectivity index (χ1v) is 9.56. The summed E-state index contributed by atoms with van der Waals surface area (Å²) in [4.78, 5) is 18.8. The SMILES string of the molecule is Cc1ccccc1-c1ccc(N2CCCC(C(=O)Nc3ccncc3)C2)nn1. The van der Waals surface area contributed by atoms with E-state index in [1.807, 2.05) is 24.3 Å². The van der Waals surface area contributed by atoms with E-state index in [0.717, 1.165) is 42.1 Å². The molecular weight excluding hydrogens is 350 g/mol. The molecule has 142 valence electrons. The highest BCUT2D eigenvalue weighted by Gasteiger charge is 2.26. The Bertz CT molecular complexity index is 943. The van der Waals surface area contributed by atoms with Gasteiger partial charge >= 0.3 is 0 Å². The number of rotatable bonds is 4. The lowest BCUT2D eigenvalue weighted by molar-refractivity contribution is -0.120. The Kier molecular flexibility index (Phi) is 5.28. The summed E-state index contributed by atoms with van der Waals surface area (Å²) in [5.41, 5.74) is 3.91. The second-order valence-electron chi connectivity index (χ2n) is 7.10. The van der Waals surface area contributed by atoms with Crippen molar-refractivity contribution < 1.29 is 4.79 Å². The number of amides is 1. The molecule has 1 saturated heterocycles. The number of hydrogen-bond donors (Lipinski definition) is 1. The summed E-state index contributed by atoms with van der Waals surface area (Å²) in [5.74, 6) is 0.791. The minimum absolute atomic E-state index is 0.0420. The Balaban J connectivity index is 1.44. The minimum atomic E-state index is -0.0697. The normalized spacial score (nSPS) is 16.6. The number of benzene rings is 1. The Morgan fingerprint density at radius 3 is 2.64 bits per heavy atom. The van der Waals surface area contributed by atoms with E-state index in [1.165, 1.54) is 5.56 Å². The number of pyridine rings is 1. The van der Waals surface area contributed by atoms with E-state index in [4.69, 9.17) is 0 Å². The highest BCUT2D eigenvalue weighted by atomic mass is 16.1. The Labute approximate surface area is 164 Å². The fourth-order valence-corrected chi connectivity index (χ4v) is 3.58. The van der Waals surface area contributed by atoms with E-state index < -0.39 is 0 Å². The van der Waals surface area contributed by atoms with Gasteiger partial charge in [-0.05, 0) is 49.6 Å². The molecule has 6 heteroatoms. The van der Waals surface area contributed by atoms with E-state index in [9.17, 15) is 4.79 Å². The number of carbonyl (C=O) groups is 1. The molecule has 0 spiro atoms. The first-order chi connectivity index (χ1) is 13.7. The molecule has 1 atom stereocenters. The summed E-state index contributed by atoms with van der Waals surface area (Å²) in [7, 11) is 0. The van der Waals surface area contributed by atoms with Crippen molar-refractivity contribution in [1.29, 1.82) is 0 Å². The van der Waals surface area contributed by atoms with Gasteiger partial charge in [0.2, 0.25) is 5.91 Å². The van der Waals surface area contributed by atoms with Crippen molar-refractivity contribution in [3.8, 4) is 11.3 Å². The van der Waals surface area contributed by atoms with Crippen LogP contribution < -0.4 is 10.2 Å². The van der Waals surface area contributed by atoms with E-state index in [2.05, 4.69) is 44.5 Å². The molecule has 1 fully saturated rings. The van der Waals surface area contributed by atoms with Gasteiger partial charge in [-0.1, -0.05) is 24.3 Å². The van der Waals surface area contributed by atoms with Crippen molar-refractivity contribution in [2.24, 2.45) is 5.92 Å². The number of aryl methyl sites for hydroxylation is 1. The molecule has 1 N–H and O–H groups in total. The van der Waals surface area contributed by atoms with Crippen molar-refractivity contribution in [3.05, 3.63) is 66.5 Å². The van der Waals surface area contributed by atoms with Gasteiger partial charge in [0, 0.05) is 36.7 Å². The van der Waals surface area contributed by atoms with Crippen LogP contribution in [-0.2, 0) is 4.79 Å². The monoisotopic (exact) mass is 373 g/mol. The molecule has 0 aliphatic carbocycles. The lowest BCUT2D eigenvalue weighted by atomic mass is 9.97. The lowest BCUT2D eigenvalue weighted by Gasteiger charge is -2.32. The standard InChI is InChI=1S/C22H23N5O/c1-16-5-2-3-7-19(16)20-8-9-21(26-25-20)27-14-4-6-17(15-27)22(28)24-18-10-12-23-13-11-18/h2-3,5,7-13,17H,4,6,14-15H2,1H3,(H,23,24,28). The van der Waals surface area contributed by atoms with Crippen LogP contribution in [0.5, 0.6) is 0 Å². The summed E-state index contributed by atoms with van der Waals surface area (Å²) < 4.78 is 0. The lowest BCUT2D eigenvalue weighted by Crippen LogP contribution is -2.41. The van der Waals surface area contributed by atoms with Crippen LogP contribution in [0, 0.1) is 12.8 Å². The number of piperidine rings is 1. The third-order valence-electron chi connectivity index (χ3n) is 5.14. The van der Waals surface area contributed by atoms with Crippen LogP contribution in [0.4, 0.5) is 11.5 Å². The maximum absolute atomic E-state index is 12.6. The number of carbonyl (C=O) groups excluding carboxylic acids is 1. The predicted molar refractivity (Wildman–Crippen MR) is 110 cm³/mol. The molecule has 2 aromatic heterocycles. The van der Waals surface area contributed by atoms with Crippen LogP contribution in [0.3, 0.4) is 0 Å². The Hall–Kier alpha value is -3.28. The maximum Gasteiger partial charge on any atom is 0.229 e. The van der Waals surface area contributed by atoms with Crippen LogP contribution in [0.15, 0.2) is 60.9 Å². The zero-order chi connectivity index (χ0) is 19.3. The van der Waals surface area contributed by atoms with E-state index >= 15 is 0 Å². The molecular formula is C22H23N5O. The van der Waals surface area contributed by atoms with Crippen LogP contribution in [-0.4, -0.2) is 34.2 Å². The number of nitrogens with zero attached hydrogens (tertiary/aromatic N) is 4. The summed E-state index contributed by atoms with van der Waals surface area (Å²) in [6.45, 7) is 3.61. The maximum atomic E-state index is 12.6. The van der Waals surface area contributed by atoms with Crippen molar-refractivity contribution in [2.45, 2.75) is 19.8 Å². The van der Waals surface area contributed by atoms with Crippen LogP contribution in [0.2, 0.25) is 0 Å². The average Bonchev–Trinajstić information content (AvgIpc) is 2.75. The van der Waals surface area contributed by atoms with Gasteiger partial charge in [-0.2, -0.15) is 0 Å². The van der Waals surface area contributed by atoms with Crippen molar-refractivity contribution in [1.82, 2.24) is 15.2 Å². The molecule has 1 aromatic carbocycles. The van der Waals surface area contributed by atoms with Gasteiger partial charge in [0.05, 0.1) is 11.6 Å². The summed E-state index contributed by atoms with van der Waals surface area (Å²) in [6, 6.07) is 15.8. The zero-order valence-corrected chi connectivity index (χ0v) is 15.9. The van der Waals surface area contributed by atoms with Gasteiger partial charge in [0.1, 0.15) is 0 Å². The molecule has 3 heterocycles. The second kappa shape index (κ2) is 8.17. The molecule has 6 nitrogen and oxygen atoms in total. The van der Waals surface area contributed by atoms with Crippen LogP contribution in [0.1, 0.15) is 18.4 Å². The molecule has 1 unspecified atom stereocenters. The zero-order valence-electron chi connectivity index (χ0n) is 15.9. The van der Waals surface area contributed by atoms with Crippen LogP contribution in [0.25, 0.3) is 11.3 Å². The highest BCUT2D eigenvalue weighted by Crippen LogP contribution is 2.25. The molecule has 1 aliphatic heterocycles. The third kappa shape index (κ3) is 4.01. The summed E-state index contributed by atoms with van der Waals surface area (Å²) in [5, 5.41) is 11.8. The second-order valence-corrected chi connectivity index (χ2v) is 7.10. The van der Waals surface area contributed by atoms with Crippen molar-refractivity contribution in [3.63, 3.8) is 0 Å². The number of hydrogen-bond acceptors (Lipinski definition) is 5. The fourth-order valence-electron chi connectivity index (χ4n) is 3.58. The first-order valence-electron chi connectivity index (χ1n) is 9.56. The third-order valence-corrected chi connectivity index (χ3v) is 5.14. The van der Waals surface area contributed by atoms with E-state index in [1.54, 1.807) is 24.5 Å². The molecule has 0 radical (unpaired) electrons. The predicted octanol–water partition coefficient (Wildman–Crippen LogP) is 3.70. The molecule has 3 aromatic rings. The Morgan fingerprint density at radius 1 is 1.07 bits per heavy atom. The first kappa shape index (κ1) is 18.1. The number of nitrogens with one attached hydrogen (secondary N) is 1. The van der Waals surface area contributed by atoms with Crippen molar-refractivity contribution in [2.75, 3.05) is 23.3 Å². The number of anilines is 2.